The molecule has 0 unspecified atom stereocenters. The van der Waals surface area contributed by atoms with Crippen LogP contribution in [0.15, 0.2) is 57.9 Å². The van der Waals surface area contributed by atoms with Gasteiger partial charge in [-0.05, 0) is 42.7 Å². The smallest absolute Gasteiger partial charge is 0.240 e. The lowest BCUT2D eigenvalue weighted by Crippen LogP contribution is -2.36. The van der Waals surface area contributed by atoms with E-state index in [-0.39, 0.29) is 23.1 Å². The van der Waals surface area contributed by atoms with Crippen molar-refractivity contribution in [2.24, 2.45) is 0 Å². The summed E-state index contributed by atoms with van der Waals surface area (Å²) in [6.45, 7) is 0. The average molecular weight is 436 g/mol. The monoisotopic (exact) mass is 435 g/mol. The largest absolute Gasteiger partial charge is 0.294 e. The van der Waals surface area contributed by atoms with Crippen LogP contribution in [-0.2, 0) is 16.4 Å². The van der Waals surface area contributed by atoms with Crippen LogP contribution in [0.2, 0.25) is 0 Å². The SMILES string of the molecule is O=C(Cc1ccc(Br)cc1)c1cccc(S(=O)(=O)NC2CCCCC2)c1. The van der Waals surface area contributed by atoms with E-state index >= 15 is 0 Å². The first-order chi connectivity index (χ1) is 12.4. The highest BCUT2D eigenvalue weighted by atomic mass is 79.9. The Kier molecular flexibility index (Phi) is 6.27. The molecule has 1 aliphatic carbocycles. The quantitative estimate of drug-likeness (QED) is 0.679. The number of Topliss-reactive ketones (excluding diaryl/α,β-unsaturated/α-hetero) is 1. The minimum absolute atomic E-state index is 0.00382. The van der Waals surface area contributed by atoms with Gasteiger partial charge in [-0.15, -0.1) is 0 Å². The molecule has 0 radical (unpaired) electrons. The molecule has 1 saturated carbocycles. The minimum Gasteiger partial charge on any atom is -0.294 e. The number of hydrogen-bond acceptors (Lipinski definition) is 3. The third kappa shape index (κ3) is 5.02. The van der Waals surface area contributed by atoms with Gasteiger partial charge in [0.2, 0.25) is 10.0 Å². The first-order valence-electron chi connectivity index (χ1n) is 8.84. The van der Waals surface area contributed by atoms with Crippen LogP contribution in [0.5, 0.6) is 0 Å². The molecule has 0 amide bonds. The van der Waals surface area contributed by atoms with Crippen molar-refractivity contribution in [3.8, 4) is 0 Å². The van der Waals surface area contributed by atoms with Crippen LogP contribution in [0.1, 0.15) is 48.0 Å². The molecule has 0 heterocycles. The van der Waals surface area contributed by atoms with Crippen LogP contribution in [0.4, 0.5) is 0 Å². The number of sulfonamides is 1. The third-order valence-electron chi connectivity index (χ3n) is 4.67. The first-order valence-corrected chi connectivity index (χ1v) is 11.1. The Morgan fingerprint density at radius 3 is 2.42 bits per heavy atom. The predicted molar refractivity (Wildman–Crippen MR) is 106 cm³/mol. The van der Waals surface area contributed by atoms with E-state index in [0.29, 0.717) is 5.56 Å². The van der Waals surface area contributed by atoms with Crippen LogP contribution in [0.3, 0.4) is 0 Å². The Balaban J connectivity index is 1.74. The van der Waals surface area contributed by atoms with E-state index in [9.17, 15) is 13.2 Å². The van der Waals surface area contributed by atoms with Crippen LogP contribution in [-0.4, -0.2) is 20.2 Å². The summed E-state index contributed by atoms with van der Waals surface area (Å²) in [7, 11) is -3.60. The van der Waals surface area contributed by atoms with Gasteiger partial charge < -0.3 is 0 Å². The van der Waals surface area contributed by atoms with Crippen molar-refractivity contribution < 1.29 is 13.2 Å². The Morgan fingerprint density at radius 2 is 1.73 bits per heavy atom. The molecular weight excluding hydrogens is 414 g/mol. The lowest BCUT2D eigenvalue weighted by Gasteiger charge is -2.22. The van der Waals surface area contributed by atoms with Crippen molar-refractivity contribution in [1.29, 1.82) is 0 Å². The van der Waals surface area contributed by atoms with E-state index in [1.165, 1.54) is 6.07 Å². The second-order valence-corrected chi connectivity index (χ2v) is 9.34. The van der Waals surface area contributed by atoms with Gasteiger partial charge in [-0.3, -0.25) is 4.79 Å². The number of carbonyl (C=O) groups excluding carboxylic acids is 1. The van der Waals surface area contributed by atoms with E-state index in [2.05, 4.69) is 20.7 Å². The maximum Gasteiger partial charge on any atom is 0.240 e. The van der Waals surface area contributed by atoms with Gasteiger partial charge in [-0.1, -0.05) is 59.5 Å². The van der Waals surface area contributed by atoms with E-state index < -0.39 is 10.0 Å². The zero-order chi connectivity index (χ0) is 18.6. The molecule has 2 aromatic rings. The maximum atomic E-state index is 12.6. The highest BCUT2D eigenvalue weighted by Crippen LogP contribution is 2.21. The summed E-state index contributed by atoms with van der Waals surface area (Å²) in [6, 6.07) is 13.9. The van der Waals surface area contributed by atoms with Gasteiger partial charge in [0.15, 0.2) is 5.78 Å². The number of benzene rings is 2. The molecule has 0 saturated heterocycles. The van der Waals surface area contributed by atoms with Crippen molar-refractivity contribution in [2.45, 2.75) is 49.5 Å². The van der Waals surface area contributed by atoms with Gasteiger partial charge in [0.05, 0.1) is 4.90 Å². The number of carbonyl (C=O) groups is 1. The number of nitrogens with one attached hydrogen (secondary N) is 1. The number of halogens is 1. The average Bonchev–Trinajstić information content (AvgIpc) is 2.64. The van der Waals surface area contributed by atoms with Crippen molar-refractivity contribution in [1.82, 2.24) is 4.72 Å². The summed E-state index contributed by atoms with van der Waals surface area (Å²) >= 11 is 3.37. The molecule has 1 N–H and O–H groups in total. The maximum absolute atomic E-state index is 12.6. The Bertz CT molecular complexity index is 872. The van der Waals surface area contributed by atoms with E-state index in [0.717, 1.165) is 42.1 Å². The van der Waals surface area contributed by atoms with Crippen LogP contribution < -0.4 is 4.72 Å². The van der Waals surface area contributed by atoms with Crippen LogP contribution in [0.25, 0.3) is 0 Å². The minimum atomic E-state index is -3.60. The number of rotatable bonds is 6. The molecular formula is C20H22BrNO3S. The van der Waals surface area contributed by atoms with Gasteiger partial charge in [0, 0.05) is 22.5 Å². The lowest BCUT2D eigenvalue weighted by atomic mass is 9.96. The molecule has 2 aromatic carbocycles. The second kappa shape index (κ2) is 8.46. The Labute approximate surface area is 163 Å². The van der Waals surface area contributed by atoms with E-state index in [4.69, 9.17) is 0 Å². The molecule has 0 aromatic heterocycles. The molecule has 1 fully saturated rings. The number of hydrogen-bond donors (Lipinski definition) is 1. The van der Waals surface area contributed by atoms with Crippen molar-refractivity contribution in [2.75, 3.05) is 0 Å². The highest BCUT2D eigenvalue weighted by Gasteiger charge is 2.22. The summed E-state index contributed by atoms with van der Waals surface area (Å²) in [5.41, 5.74) is 1.31. The van der Waals surface area contributed by atoms with Crippen LogP contribution >= 0.6 is 15.9 Å². The summed E-state index contributed by atoms with van der Waals surface area (Å²) < 4.78 is 29.0. The zero-order valence-corrected chi connectivity index (χ0v) is 16.9. The standard InChI is InChI=1S/C20H22BrNO3S/c21-17-11-9-15(10-12-17)13-20(23)16-5-4-8-19(14-16)26(24,25)22-18-6-2-1-3-7-18/h4-5,8-12,14,18,22H,1-3,6-7,13H2. The molecule has 0 bridgehead atoms. The third-order valence-corrected chi connectivity index (χ3v) is 6.72. The molecule has 3 rings (SSSR count). The van der Waals surface area contributed by atoms with Gasteiger partial charge in [0.25, 0.3) is 0 Å². The Hall–Kier alpha value is -1.50. The van der Waals surface area contributed by atoms with E-state index in [1.807, 2.05) is 24.3 Å². The predicted octanol–water partition coefficient (Wildman–Crippen LogP) is 4.49. The van der Waals surface area contributed by atoms with E-state index in [1.54, 1.807) is 18.2 Å². The molecule has 138 valence electrons. The Morgan fingerprint density at radius 1 is 1.04 bits per heavy atom. The van der Waals surface area contributed by atoms with Crippen molar-refractivity contribution >= 4 is 31.7 Å². The molecule has 0 atom stereocenters. The molecule has 0 aliphatic heterocycles. The van der Waals surface area contributed by atoms with Gasteiger partial charge >= 0.3 is 0 Å². The summed E-state index contributed by atoms with van der Waals surface area (Å²) in [4.78, 5) is 12.7. The summed E-state index contributed by atoms with van der Waals surface area (Å²) in [5, 5.41) is 0. The molecule has 6 heteroatoms. The first kappa shape index (κ1) is 19.3. The van der Waals surface area contributed by atoms with Crippen molar-refractivity contribution in [3.63, 3.8) is 0 Å². The highest BCUT2D eigenvalue weighted by molar-refractivity contribution is 9.10. The molecule has 1 aliphatic rings. The lowest BCUT2D eigenvalue weighted by molar-refractivity contribution is 0.0993. The fourth-order valence-corrected chi connectivity index (χ4v) is 4.85. The van der Waals surface area contributed by atoms with Gasteiger partial charge in [0.1, 0.15) is 0 Å². The molecule has 4 nitrogen and oxygen atoms in total. The normalized spacial score (nSPS) is 15.7. The van der Waals surface area contributed by atoms with Crippen LogP contribution in [0, 0.1) is 0 Å². The fraction of sp³-hybridized carbons (Fsp3) is 0.350. The summed E-state index contributed by atoms with van der Waals surface area (Å²) in [5.74, 6) is -0.0953. The zero-order valence-electron chi connectivity index (χ0n) is 14.4. The van der Waals surface area contributed by atoms with Gasteiger partial charge in [-0.2, -0.15) is 0 Å². The van der Waals surface area contributed by atoms with Crippen molar-refractivity contribution in [3.05, 3.63) is 64.1 Å². The molecule has 0 spiro atoms. The fourth-order valence-electron chi connectivity index (χ4n) is 3.23. The topological polar surface area (TPSA) is 63.2 Å². The number of ketones is 1. The molecule has 26 heavy (non-hydrogen) atoms. The van der Waals surface area contributed by atoms with Gasteiger partial charge in [-0.25, -0.2) is 13.1 Å². The summed E-state index contributed by atoms with van der Waals surface area (Å²) in [6.07, 6.45) is 5.27. The second-order valence-electron chi connectivity index (χ2n) is 6.71.